The predicted octanol–water partition coefficient (Wildman–Crippen LogP) is 1.97. The Balaban J connectivity index is 1.50. The number of rotatable bonds is 3. The van der Waals surface area contributed by atoms with E-state index in [2.05, 4.69) is 32.1 Å². The molecule has 2 N–H and O–H groups in total. The number of nitrogens with two attached hydrogens (primary N) is 1. The summed E-state index contributed by atoms with van der Waals surface area (Å²) >= 11 is 1.69. The molecule has 3 aromatic rings. The van der Waals surface area contributed by atoms with Crippen molar-refractivity contribution < 1.29 is 8.42 Å². The Bertz CT molecular complexity index is 1040. The molecule has 4 rings (SSSR count). The van der Waals surface area contributed by atoms with Crippen LogP contribution in [0.4, 0.5) is 11.5 Å². The molecule has 0 spiro atoms. The number of aromatic nitrogens is 2. The van der Waals surface area contributed by atoms with E-state index < -0.39 is 10.0 Å². The second-order valence-electron chi connectivity index (χ2n) is 6.31. The largest absolute Gasteiger partial charge is 0.368 e. The Labute approximate surface area is 156 Å². The van der Waals surface area contributed by atoms with Gasteiger partial charge in [0.2, 0.25) is 10.0 Å². The number of sulfonamides is 1. The van der Waals surface area contributed by atoms with Crippen LogP contribution in [0.1, 0.15) is 5.56 Å². The van der Waals surface area contributed by atoms with Crippen LogP contribution in [0.3, 0.4) is 0 Å². The fourth-order valence-corrected chi connectivity index (χ4v) is 4.74. The summed E-state index contributed by atoms with van der Waals surface area (Å²) in [6.07, 6.45) is 1.63. The third-order valence-electron chi connectivity index (χ3n) is 4.62. The van der Waals surface area contributed by atoms with E-state index in [-0.39, 0.29) is 4.90 Å². The summed E-state index contributed by atoms with van der Waals surface area (Å²) in [6, 6.07) is 6.72. The van der Waals surface area contributed by atoms with Crippen molar-refractivity contribution in [2.45, 2.75) is 11.8 Å². The Hall–Kier alpha value is -2.23. The minimum absolute atomic E-state index is 0.135. The van der Waals surface area contributed by atoms with Gasteiger partial charge in [-0.2, -0.15) is 0 Å². The molecule has 7 nitrogen and oxygen atoms in total. The van der Waals surface area contributed by atoms with Crippen LogP contribution in [0.25, 0.3) is 10.2 Å². The lowest BCUT2D eigenvalue weighted by atomic mass is 10.2. The molecule has 1 aromatic carbocycles. The zero-order valence-electron chi connectivity index (χ0n) is 14.3. The van der Waals surface area contributed by atoms with Gasteiger partial charge in [0.05, 0.1) is 15.1 Å². The molecule has 3 heterocycles. The topological polar surface area (TPSA) is 92.4 Å². The summed E-state index contributed by atoms with van der Waals surface area (Å²) in [4.78, 5) is 13.6. The van der Waals surface area contributed by atoms with Crippen LogP contribution < -0.4 is 14.9 Å². The Morgan fingerprint density at radius 1 is 1.04 bits per heavy atom. The molecular weight excluding hydrogens is 370 g/mol. The molecular formula is C17H19N5O2S2. The van der Waals surface area contributed by atoms with Gasteiger partial charge in [-0.05, 0) is 42.1 Å². The summed E-state index contributed by atoms with van der Waals surface area (Å²) in [5, 5.41) is 7.27. The fraction of sp³-hybridized carbons (Fsp3) is 0.294. The highest BCUT2D eigenvalue weighted by atomic mass is 32.2. The highest BCUT2D eigenvalue weighted by molar-refractivity contribution is 7.89. The molecule has 1 aliphatic heterocycles. The van der Waals surface area contributed by atoms with E-state index in [4.69, 9.17) is 5.14 Å². The molecule has 0 saturated carbocycles. The van der Waals surface area contributed by atoms with Crippen LogP contribution in [-0.4, -0.2) is 44.6 Å². The third kappa shape index (κ3) is 3.13. The molecule has 1 aliphatic rings. The van der Waals surface area contributed by atoms with Gasteiger partial charge in [-0.15, -0.1) is 11.3 Å². The third-order valence-corrected chi connectivity index (χ3v) is 6.63. The number of anilines is 2. The van der Waals surface area contributed by atoms with Gasteiger partial charge in [0, 0.05) is 31.9 Å². The van der Waals surface area contributed by atoms with Crippen LogP contribution >= 0.6 is 11.3 Å². The van der Waals surface area contributed by atoms with E-state index in [1.165, 1.54) is 5.56 Å². The number of hydrogen-bond donors (Lipinski definition) is 1. The molecule has 0 bridgehead atoms. The minimum Gasteiger partial charge on any atom is -0.368 e. The molecule has 0 radical (unpaired) electrons. The molecule has 1 saturated heterocycles. The highest BCUT2D eigenvalue weighted by Gasteiger charge is 2.21. The van der Waals surface area contributed by atoms with Crippen molar-refractivity contribution in [2.75, 3.05) is 36.0 Å². The predicted molar refractivity (Wildman–Crippen MR) is 104 cm³/mol. The zero-order chi connectivity index (χ0) is 18.3. The summed E-state index contributed by atoms with van der Waals surface area (Å²) in [7, 11) is -3.65. The zero-order valence-corrected chi connectivity index (χ0v) is 15.9. The molecule has 1 fully saturated rings. The van der Waals surface area contributed by atoms with Crippen molar-refractivity contribution >= 4 is 43.1 Å². The number of fused-ring (bicyclic) bond motifs is 1. The summed E-state index contributed by atoms with van der Waals surface area (Å²) in [5.41, 5.74) is 3.21. The molecule has 0 atom stereocenters. The van der Waals surface area contributed by atoms with Gasteiger partial charge in [0.1, 0.15) is 12.1 Å². The standard InChI is InChI=1S/C17H19N5O2S2/c1-12-10-25-16-15(12)19-11-20-17(16)22-8-6-21(7-9-22)13-2-4-14(5-3-13)26(18,23)24/h2-5,10-11H,6-9H2,1H3,(H2,18,23,24). The summed E-state index contributed by atoms with van der Waals surface area (Å²) < 4.78 is 23.9. The van der Waals surface area contributed by atoms with Gasteiger partial charge in [-0.1, -0.05) is 0 Å². The lowest BCUT2D eigenvalue weighted by Gasteiger charge is -2.36. The van der Waals surface area contributed by atoms with E-state index >= 15 is 0 Å². The van der Waals surface area contributed by atoms with Crippen molar-refractivity contribution in [3.05, 3.63) is 41.5 Å². The normalized spacial score (nSPS) is 15.6. The average Bonchev–Trinajstić information content (AvgIpc) is 3.03. The fourth-order valence-electron chi connectivity index (χ4n) is 3.21. The summed E-state index contributed by atoms with van der Waals surface area (Å²) in [5.74, 6) is 0.998. The van der Waals surface area contributed by atoms with E-state index in [0.29, 0.717) is 0 Å². The molecule has 2 aromatic heterocycles. The molecule has 0 unspecified atom stereocenters. The SMILES string of the molecule is Cc1csc2c(N3CCN(c4ccc(S(N)(=O)=O)cc4)CC3)ncnc12. The first kappa shape index (κ1) is 17.2. The maximum atomic E-state index is 11.4. The number of nitrogens with zero attached hydrogens (tertiary/aromatic N) is 4. The number of thiophene rings is 1. The van der Waals surface area contributed by atoms with E-state index in [0.717, 1.165) is 47.9 Å². The number of piperazine rings is 1. The smallest absolute Gasteiger partial charge is 0.238 e. The van der Waals surface area contributed by atoms with Gasteiger partial charge < -0.3 is 9.80 Å². The molecule has 136 valence electrons. The Kier molecular flexibility index (Phi) is 4.29. The maximum absolute atomic E-state index is 11.4. The lowest BCUT2D eigenvalue weighted by Crippen LogP contribution is -2.46. The van der Waals surface area contributed by atoms with Crippen molar-refractivity contribution in [2.24, 2.45) is 5.14 Å². The van der Waals surface area contributed by atoms with Gasteiger partial charge in [0.15, 0.2) is 0 Å². The van der Waals surface area contributed by atoms with Crippen LogP contribution in [0, 0.1) is 6.92 Å². The molecule has 0 amide bonds. The first-order valence-corrected chi connectivity index (χ1v) is 10.7. The minimum atomic E-state index is -3.65. The molecule has 26 heavy (non-hydrogen) atoms. The molecule has 9 heteroatoms. The lowest BCUT2D eigenvalue weighted by molar-refractivity contribution is 0.597. The average molecular weight is 390 g/mol. The quantitative estimate of drug-likeness (QED) is 0.736. The van der Waals surface area contributed by atoms with Gasteiger partial charge in [-0.3, -0.25) is 0 Å². The van der Waals surface area contributed by atoms with Crippen LogP contribution in [0.5, 0.6) is 0 Å². The van der Waals surface area contributed by atoms with E-state index in [1.807, 2.05) is 0 Å². The van der Waals surface area contributed by atoms with E-state index in [1.54, 1.807) is 41.9 Å². The number of benzene rings is 1. The Morgan fingerprint density at radius 3 is 2.35 bits per heavy atom. The van der Waals surface area contributed by atoms with Crippen molar-refractivity contribution in [3.8, 4) is 0 Å². The first-order valence-electron chi connectivity index (χ1n) is 8.25. The van der Waals surface area contributed by atoms with Gasteiger partial charge in [-0.25, -0.2) is 23.5 Å². The van der Waals surface area contributed by atoms with Gasteiger partial charge >= 0.3 is 0 Å². The summed E-state index contributed by atoms with van der Waals surface area (Å²) in [6.45, 7) is 5.44. The van der Waals surface area contributed by atoms with Crippen LogP contribution in [-0.2, 0) is 10.0 Å². The van der Waals surface area contributed by atoms with Crippen molar-refractivity contribution in [3.63, 3.8) is 0 Å². The Morgan fingerprint density at radius 2 is 1.69 bits per heavy atom. The number of primary sulfonamides is 1. The van der Waals surface area contributed by atoms with Crippen molar-refractivity contribution in [1.82, 2.24) is 9.97 Å². The van der Waals surface area contributed by atoms with Crippen LogP contribution in [0.15, 0.2) is 40.9 Å². The van der Waals surface area contributed by atoms with Crippen molar-refractivity contribution in [1.29, 1.82) is 0 Å². The van der Waals surface area contributed by atoms with E-state index in [9.17, 15) is 8.42 Å². The monoisotopic (exact) mass is 389 g/mol. The second-order valence-corrected chi connectivity index (χ2v) is 8.75. The number of hydrogen-bond acceptors (Lipinski definition) is 7. The molecule has 0 aliphatic carbocycles. The second kappa shape index (κ2) is 6.49. The first-order chi connectivity index (χ1) is 12.4. The number of aryl methyl sites for hydroxylation is 1. The highest BCUT2D eigenvalue weighted by Crippen LogP contribution is 2.31. The van der Waals surface area contributed by atoms with Crippen LogP contribution in [0.2, 0.25) is 0 Å². The maximum Gasteiger partial charge on any atom is 0.238 e. The van der Waals surface area contributed by atoms with Gasteiger partial charge in [0.25, 0.3) is 0 Å².